The lowest BCUT2D eigenvalue weighted by molar-refractivity contribution is 0.0969. The molecular weight excluding hydrogens is 214 g/mol. The number of carbonyl (C=O) groups excluding carboxylic acids is 1. The largest absolute Gasteiger partial charge is 0.496 e. The van der Waals surface area contributed by atoms with Gasteiger partial charge in [-0.15, -0.1) is 0 Å². The number of ether oxygens (including phenoxy) is 1. The van der Waals surface area contributed by atoms with Crippen LogP contribution in [0.1, 0.15) is 34.8 Å². The van der Waals surface area contributed by atoms with Gasteiger partial charge >= 0.3 is 0 Å². The molecule has 0 amide bonds. The van der Waals surface area contributed by atoms with Crippen molar-refractivity contribution < 1.29 is 9.53 Å². The third kappa shape index (κ3) is 1.70. The van der Waals surface area contributed by atoms with Gasteiger partial charge in [-0.2, -0.15) is 0 Å². The average molecular weight is 233 g/mol. The molecule has 2 rings (SSSR count). The lowest BCUT2D eigenvalue weighted by Gasteiger charge is -2.35. The molecule has 0 N–H and O–H groups in total. The second-order valence-corrected chi connectivity index (χ2v) is 4.83. The maximum absolute atomic E-state index is 12.1. The van der Waals surface area contributed by atoms with Gasteiger partial charge in [0.15, 0.2) is 5.78 Å². The first-order valence-electron chi connectivity index (χ1n) is 5.91. The molecule has 0 aromatic heterocycles. The summed E-state index contributed by atoms with van der Waals surface area (Å²) < 4.78 is 5.37. The molecule has 0 saturated carbocycles. The standard InChI is InChI=1S/C14H19NO2/c1-8-6-12(17-5)10(3)14-13(8)11(16)7-9(2)15(14)4/h6,9H,7H2,1-5H3. The first-order valence-corrected chi connectivity index (χ1v) is 5.91. The van der Waals surface area contributed by atoms with Gasteiger partial charge in [0.05, 0.1) is 12.8 Å². The predicted octanol–water partition coefficient (Wildman–Crippen LogP) is 2.72. The van der Waals surface area contributed by atoms with E-state index < -0.39 is 0 Å². The number of hydrogen-bond acceptors (Lipinski definition) is 3. The van der Waals surface area contributed by atoms with Crippen molar-refractivity contribution in [1.82, 2.24) is 0 Å². The fraction of sp³-hybridized carbons (Fsp3) is 0.500. The Bertz CT molecular complexity index is 480. The molecule has 0 bridgehead atoms. The Balaban J connectivity index is 2.73. The van der Waals surface area contributed by atoms with Crippen LogP contribution in [0.3, 0.4) is 0 Å². The smallest absolute Gasteiger partial charge is 0.167 e. The predicted molar refractivity (Wildman–Crippen MR) is 69.3 cm³/mol. The summed E-state index contributed by atoms with van der Waals surface area (Å²) in [5, 5.41) is 0. The molecule has 3 nitrogen and oxygen atoms in total. The highest BCUT2D eigenvalue weighted by atomic mass is 16.5. The number of Topliss-reactive ketones (excluding diaryl/α,β-unsaturated/α-hetero) is 1. The van der Waals surface area contributed by atoms with E-state index in [2.05, 4.69) is 11.8 Å². The summed E-state index contributed by atoms with van der Waals surface area (Å²) in [6, 6.07) is 2.20. The highest BCUT2D eigenvalue weighted by molar-refractivity contribution is 6.06. The van der Waals surface area contributed by atoms with E-state index in [4.69, 9.17) is 4.74 Å². The Hall–Kier alpha value is -1.51. The van der Waals surface area contributed by atoms with E-state index in [1.807, 2.05) is 27.0 Å². The van der Waals surface area contributed by atoms with Crippen LogP contribution in [0.25, 0.3) is 0 Å². The van der Waals surface area contributed by atoms with Crippen LogP contribution >= 0.6 is 0 Å². The maximum Gasteiger partial charge on any atom is 0.167 e. The fourth-order valence-electron chi connectivity index (χ4n) is 2.60. The number of benzene rings is 1. The van der Waals surface area contributed by atoms with Crippen LogP contribution in [0.4, 0.5) is 5.69 Å². The summed E-state index contributed by atoms with van der Waals surface area (Å²) in [6.07, 6.45) is 0.593. The van der Waals surface area contributed by atoms with Crippen LogP contribution in [-0.2, 0) is 0 Å². The van der Waals surface area contributed by atoms with Gasteiger partial charge in [-0.1, -0.05) is 0 Å². The molecule has 0 fully saturated rings. The zero-order chi connectivity index (χ0) is 12.7. The number of ketones is 1. The molecular formula is C14H19NO2. The number of fused-ring (bicyclic) bond motifs is 1. The second kappa shape index (κ2) is 4.06. The number of rotatable bonds is 1. The minimum Gasteiger partial charge on any atom is -0.496 e. The normalized spacial score (nSPS) is 19.2. The summed E-state index contributed by atoms with van der Waals surface area (Å²) in [4.78, 5) is 14.3. The van der Waals surface area contributed by atoms with E-state index >= 15 is 0 Å². The van der Waals surface area contributed by atoms with Crippen molar-refractivity contribution in [2.45, 2.75) is 33.2 Å². The Labute approximate surface area is 102 Å². The molecule has 92 valence electrons. The van der Waals surface area contributed by atoms with Gasteiger partial charge in [-0.25, -0.2) is 0 Å². The molecule has 0 radical (unpaired) electrons. The molecule has 1 aromatic rings. The monoisotopic (exact) mass is 233 g/mol. The number of aryl methyl sites for hydroxylation is 1. The van der Waals surface area contributed by atoms with Crippen molar-refractivity contribution in [2.24, 2.45) is 0 Å². The van der Waals surface area contributed by atoms with E-state index in [1.165, 1.54) is 0 Å². The van der Waals surface area contributed by atoms with E-state index in [0.717, 1.165) is 28.1 Å². The summed E-state index contributed by atoms with van der Waals surface area (Å²) in [5.74, 6) is 1.10. The quantitative estimate of drug-likeness (QED) is 0.747. The van der Waals surface area contributed by atoms with Crippen molar-refractivity contribution in [1.29, 1.82) is 0 Å². The highest BCUT2D eigenvalue weighted by Gasteiger charge is 2.30. The topological polar surface area (TPSA) is 29.5 Å². The van der Waals surface area contributed by atoms with Gasteiger partial charge in [0.25, 0.3) is 0 Å². The fourth-order valence-corrected chi connectivity index (χ4v) is 2.60. The number of hydrogen-bond donors (Lipinski definition) is 0. The minimum absolute atomic E-state index is 0.244. The summed E-state index contributed by atoms with van der Waals surface area (Å²) in [6.45, 7) is 6.07. The number of carbonyl (C=O) groups is 1. The van der Waals surface area contributed by atoms with Crippen molar-refractivity contribution in [3.05, 3.63) is 22.8 Å². The Morgan fingerprint density at radius 1 is 1.41 bits per heavy atom. The lowest BCUT2D eigenvalue weighted by Crippen LogP contribution is -2.37. The highest BCUT2D eigenvalue weighted by Crippen LogP contribution is 2.39. The average Bonchev–Trinajstić information content (AvgIpc) is 2.28. The molecule has 1 aliphatic rings. The van der Waals surface area contributed by atoms with Gasteiger partial charge < -0.3 is 9.64 Å². The zero-order valence-corrected chi connectivity index (χ0v) is 11.1. The van der Waals surface area contributed by atoms with E-state index in [1.54, 1.807) is 7.11 Å². The summed E-state index contributed by atoms with van der Waals surface area (Å²) in [7, 11) is 3.71. The first kappa shape index (κ1) is 12.0. The molecule has 0 saturated heterocycles. The molecule has 0 aliphatic carbocycles. The summed E-state index contributed by atoms with van der Waals surface area (Å²) >= 11 is 0. The van der Waals surface area contributed by atoms with Gasteiger partial charge in [0.1, 0.15) is 5.75 Å². The Kier molecular flexibility index (Phi) is 2.86. The van der Waals surface area contributed by atoms with Crippen LogP contribution in [0, 0.1) is 13.8 Å². The van der Waals surface area contributed by atoms with Gasteiger partial charge in [-0.05, 0) is 32.4 Å². The molecule has 1 unspecified atom stereocenters. The molecule has 17 heavy (non-hydrogen) atoms. The number of methoxy groups -OCH3 is 1. The maximum atomic E-state index is 12.1. The third-order valence-electron chi connectivity index (χ3n) is 3.70. The molecule has 1 aliphatic heterocycles. The zero-order valence-electron chi connectivity index (χ0n) is 11.1. The first-order chi connectivity index (χ1) is 7.97. The molecule has 1 aromatic carbocycles. The van der Waals surface area contributed by atoms with Crippen molar-refractivity contribution in [3.63, 3.8) is 0 Å². The van der Waals surface area contributed by atoms with Gasteiger partial charge in [0.2, 0.25) is 0 Å². The second-order valence-electron chi connectivity index (χ2n) is 4.83. The summed E-state index contributed by atoms with van der Waals surface area (Å²) in [5.41, 5.74) is 3.95. The number of nitrogens with zero attached hydrogens (tertiary/aromatic N) is 1. The third-order valence-corrected chi connectivity index (χ3v) is 3.70. The van der Waals surface area contributed by atoms with Crippen molar-refractivity contribution in [2.75, 3.05) is 19.1 Å². The lowest BCUT2D eigenvalue weighted by atomic mass is 9.89. The van der Waals surface area contributed by atoms with Crippen molar-refractivity contribution in [3.8, 4) is 5.75 Å². The van der Waals surface area contributed by atoms with E-state index in [-0.39, 0.29) is 11.8 Å². The van der Waals surface area contributed by atoms with E-state index in [0.29, 0.717) is 6.42 Å². The Morgan fingerprint density at radius 3 is 2.65 bits per heavy atom. The van der Waals surface area contributed by atoms with Crippen LogP contribution in [-0.4, -0.2) is 26.0 Å². The number of anilines is 1. The minimum atomic E-state index is 0.244. The van der Waals surface area contributed by atoms with Gasteiger partial charge in [0, 0.05) is 30.6 Å². The van der Waals surface area contributed by atoms with Crippen LogP contribution in [0.5, 0.6) is 5.75 Å². The van der Waals surface area contributed by atoms with Crippen LogP contribution < -0.4 is 9.64 Å². The molecule has 0 spiro atoms. The van der Waals surface area contributed by atoms with Crippen molar-refractivity contribution >= 4 is 11.5 Å². The van der Waals surface area contributed by atoms with Gasteiger partial charge in [-0.3, -0.25) is 4.79 Å². The van der Waals surface area contributed by atoms with E-state index in [9.17, 15) is 4.79 Å². The van der Waals surface area contributed by atoms with Crippen LogP contribution in [0.15, 0.2) is 6.07 Å². The molecule has 1 heterocycles. The molecule has 3 heteroatoms. The van der Waals surface area contributed by atoms with Crippen LogP contribution in [0.2, 0.25) is 0 Å². The Morgan fingerprint density at radius 2 is 2.06 bits per heavy atom. The molecule has 1 atom stereocenters. The SMILES string of the molecule is COc1cc(C)c2c(c1C)N(C)C(C)CC2=O.